The summed E-state index contributed by atoms with van der Waals surface area (Å²) in [6, 6.07) is 0.0369. The van der Waals surface area contributed by atoms with Crippen LogP contribution in [0.4, 0.5) is 0 Å². The summed E-state index contributed by atoms with van der Waals surface area (Å²) in [5.41, 5.74) is 5.76. The molecular formula is C36H65N3O10. The number of piperidine rings is 2. The van der Waals surface area contributed by atoms with Gasteiger partial charge in [0.1, 0.15) is 12.9 Å². The SMILES string of the molecule is COC1CC(C2CC(O)CC(CCC3CCC(O)C(OCO)C3)O2)CC(OCC2NC(C)CCC2(CC(=O)O)CC2CCNC(N)C2)C1O. The Kier molecular flexibility index (Phi) is 14.6. The summed E-state index contributed by atoms with van der Waals surface area (Å²) in [5.74, 6) is -0.101. The van der Waals surface area contributed by atoms with Gasteiger partial charge in [0.05, 0.1) is 61.9 Å². The van der Waals surface area contributed by atoms with Crippen molar-refractivity contribution in [1.82, 2.24) is 10.6 Å². The van der Waals surface area contributed by atoms with Crippen LogP contribution in [0.1, 0.15) is 103 Å². The Morgan fingerprint density at radius 2 is 1.73 bits per heavy atom. The van der Waals surface area contributed by atoms with E-state index in [0.717, 1.165) is 57.9 Å². The lowest BCUT2D eigenvalue weighted by Crippen LogP contribution is -2.59. The zero-order chi connectivity index (χ0) is 35.1. The molecule has 0 spiro atoms. The zero-order valence-corrected chi connectivity index (χ0v) is 29.7. The fourth-order valence-corrected chi connectivity index (χ4v) is 9.94. The van der Waals surface area contributed by atoms with Crippen molar-refractivity contribution < 1.29 is 49.3 Å². The maximum absolute atomic E-state index is 12.3. The lowest BCUT2D eigenvalue weighted by molar-refractivity contribution is -0.181. The average Bonchev–Trinajstić information content (AvgIpc) is 3.05. The number of aliphatic carboxylic acids is 1. The summed E-state index contributed by atoms with van der Waals surface area (Å²) in [7, 11) is 1.60. The number of hydrogen-bond acceptors (Lipinski definition) is 12. The number of methoxy groups -OCH3 is 1. The number of rotatable bonds is 14. The van der Waals surface area contributed by atoms with Crippen molar-refractivity contribution in [3.63, 3.8) is 0 Å². The fraction of sp³-hybridized carbons (Fsp3) is 0.972. The molecule has 0 aromatic carbocycles. The third kappa shape index (κ3) is 10.6. The van der Waals surface area contributed by atoms with Crippen molar-refractivity contribution in [2.24, 2.45) is 28.9 Å². The van der Waals surface area contributed by atoms with E-state index in [0.29, 0.717) is 50.4 Å². The van der Waals surface area contributed by atoms with Gasteiger partial charge in [-0.3, -0.25) is 4.79 Å². The number of carbonyl (C=O) groups is 1. The monoisotopic (exact) mass is 699 g/mol. The van der Waals surface area contributed by atoms with Gasteiger partial charge in [0.2, 0.25) is 0 Å². The van der Waals surface area contributed by atoms with Crippen LogP contribution in [0.25, 0.3) is 0 Å². The minimum absolute atomic E-state index is 0.0150. The molecule has 3 saturated heterocycles. The molecule has 3 heterocycles. The summed E-state index contributed by atoms with van der Waals surface area (Å²) < 4.78 is 24.4. The number of aliphatic hydroxyl groups is 4. The molecule has 9 N–H and O–H groups in total. The highest BCUT2D eigenvalue weighted by molar-refractivity contribution is 5.68. The fourth-order valence-electron chi connectivity index (χ4n) is 9.94. The summed E-state index contributed by atoms with van der Waals surface area (Å²) in [6.07, 6.45) is 6.91. The van der Waals surface area contributed by atoms with Crippen LogP contribution < -0.4 is 16.4 Å². The predicted molar refractivity (Wildman–Crippen MR) is 181 cm³/mol. The minimum atomic E-state index is -0.835. The van der Waals surface area contributed by atoms with Crippen molar-refractivity contribution in [3.8, 4) is 0 Å². The summed E-state index contributed by atoms with van der Waals surface area (Å²) >= 11 is 0. The molecule has 15 atom stereocenters. The van der Waals surface area contributed by atoms with Gasteiger partial charge >= 0.3 is 5.97 Å². The second kappa shape index (κ2) is 18.2. The second-order valence-electron chi connectivity index (χ2n) is 16.2. The van der Waals surface area contributed by atoms with Crippen molar-refractivity contribution in [1.29, 1.82) is 0 Å². The van der Waals surface area contributed by atoms with Gasteiger partial charge in [0, 0.05) is 19.2 Å². The molecule has 49 heavy (non-hydrogen) atoms. The first-order chi connectivity index (χ1) is 23.5. The van der Waals surface area contributed by atoms with E-state index < -0.39 is 48.7 Å². The van der Waals surface area contributed by atoms with Gasteiger partial charge in [-0.05, 0) is 127 Å². The van der Waals surface area contributed by atoms with Crippen molar-refractivity contribution >= 4 is 5.97 Å². The highest BCUT2D eigenvalue weighted by Crippen LogP contribution is 2.45. The van der Waals surface area contributed by atoms with Crippen LogP contribution in [0.3, 0.4) is 0 Å². The molecule has 5 fully saturated rings. The van der Waals surface area contributed by atoms with E-state index in [2.05, 4.69) is 17.6 Å². The van der Waals surface area contributed by atoms with Crippen molar-refractivity contribution in [2.45, 2.75) is 170 Å². The Labute approximate surface area is 292 Å². The third-order valence-electron chi connectivity index (χ3n) is 12.6. The standard InChI is InChI=1S/C36H65N3O10/c1-21-7-9-36(18-34(43)44,17-23-8-10-38-33(37)12-23)32(39-21)19-47-31-14-24(13-30(46-2)35(31)45)28-16-25(41)15-26(49-28)5-3-22-4-6-27(42)29(11-22)48-20-40/h21-33,35,38-42,45H,3-20,37H2,1-2H3,(H,43,44). The first-order valence-electron chi connectivity index (χ1n) is 19.0. The van der Waals surface area contributed by atoms with E-state index in [4.69, 9.17) is 24.7 Å². The third-order valence-corrected chi connectivity index (χ3v) is 12.6. The number of nitrogens with one attached hydrogen (secondary N) is 2. The van der Waals surface area contributed by atoms with E-state index in [9.17, 15) is 30.3 Å². The van der Waals surface area contributed by atoms with Crippen LogP contribution in [0.2, 0.25) is 0 Å². The molecule has 0 aromatic heterocycles. The predicted octanol–water partition coefficient (Wildman–Crippen LogP) is 1.62. The molecular weight excluding hydrogens is 634 g/mol. The van der Waals surface area contributed by atoms with E-state index in [1.807, 2.05) is 0 Å². The van der Waals surface area contributed by atoms with Gasteiger partial charge in [-0.1, -0.05) is 0 Å². The van der Waals surface area contributed by atoms with E-state index in [1.54, 1.807) is 7.11 Å². The Morgan fingerprint density at radius 1 is 0.939 bits per heavy atom. The van der Waals surface area contributed by atoms with Crippen molar-refractivity contribution in [3.05, 3.63) is 0 Å². The van der Waals surface area contributed by atoms with E-state index >= 15 is 0 Å². The number of nitrogens with two attached hydrogens (primary N) is 1. The zero-order valence-electron chi connectivity index (χ0n) is 29.7. The molecule has 284 valence electrons. The van der Waals surface area contributed by atoms with E-state index in [1.165, 1.54) is 0 Å². The Balaban J connectivity index is 1.22. The second-order valence-corrected chi connectivity index (χ2v) is 16.2. The van der Waals surface area contributed by atoms with Crippen LogP contribution in [0, 0.1) is 23.2 Å². The summed E-state index contributed by atoms with van der Waals surface area (Å²) in [4.78, 5) is 12.3. The topological polar surface area (TPSA) is 205 Å². The van der Waals surface area contributed by atoms with Gasteiger partial charge < -0.3 is 60.8 Å². The Bertz CT molecular complexity index is 1030. The Morgan fingerprint density at radius 3 is 2.47 bits per heavy atom. The number of hydrogen-bond donors (Lipinski definition) is 8. The largest absolute Gasteiger partial charge is 0.481 e. The molecule has 0 bridgehead atoms. The van der Waals surface area contributed by atoms with Crippen LogP contribution in [0.5, 0.6) is 0 Å². The molecule has 0 aromatic rings. The molecule has 0 amide bonds. The maximum Gasteiger partial charge on any atom is 0.303 e. The molecule has 15 unspecified atom stereocenters. The summed E-state index contributed by atoms with van der Waals surface area (Å²) in [6.45, 7) is 2.85. The molecule has 2 saturated carbocycles. The molecule has 2 aliphatic carbocycles. The quantitative estimate of drug-likeness (QED) is 0.122. The lowest BCUT2D eigenvalue weighted by atomic mass is 9.64. The molecule has 3 aliphatic heterocycles. The van der Waals surface area contributed by atoms with Gasteiger partial charge in [0.15, 0.2) is 0 Å². The van der Waals surface area contributed by atoms with Crippen LogP contribution in [0.15, 0.2) is 0 Å². The summed E-state index contributed by atoms with van der Waals surface area (Å²) in [5, 5.41) is 58.8. The molecule has 13 heteroatoms. The lowest BCUT2D eigenvalue weighted by Gasteiger charge is -2.49. The highest BCUT2D eigenvalue weighted by atomic mass is 16.6. The highest BCUT2D eigenvalue weighted by Gasteiger charge is 2.48. The van der Waals surface area contributed by atoms with Gasteiger partial charge in [0.25, 0.3) is 0 Å². The first-order valence-corrected chi connectivity index (χ1v) is 19.0. The van der Waals surface area contributed by atoms with Crippen LogP contribution >= 0.6 is 0 Å². The molecule has 0 radical (unpaired) electrons. The molecule has 5 rings (SSSR count). The molecule has 5 aliphatic rings. The maximum atomic E-state index is 12.3. The molecule has 13 nitrogen and oxygen atoms in total. The average molecular weight is 700 g/mol. The minimum Gasteiger partial charge on any atom is -0.481 e. The van der Waals surface area contributed by atoms with Crippen LogP contribution in [-0.4, -0.2) is 126 Å². The number of carboxylic acid groups (broad SMARTS) is 1. The first kappa shape index (κ1) is 39.2. The van der Waals surface area contributed by atoms with Crippen LogP contribution in [-0.2, 0) is 23.7 Å². The normalized spacial score (nSPS) is 45.2. The number of aliphatic hydroxyl groups excluding tert-OH is 4. The van der Waals surface area contributed by atoms with Gasteiger partial charge in [-0.15, -0.1) is 0 Å². The van der Waals surface area contributed by atoms with E-state index in [-0.39, 0.29) is 55.5 Å². The van der Waals surface area contributed by atoms with Gasteiger partial charge in [-0.2, -0.15) is 0 Å². The van der Waals surface area contributed by atoms with Crippen molar-refractivity contribution in [2.75, 3.05) is 27.1 Å². The number of ether oxygens (including phenoxy) is 4. The number of carboxylic acids is 1. The Hall–Kier alpha value is -0.970. The smallest absolute Gasteiger partial charge is 0.303 e. The van der Waals surface area contributed by atoms with Gasteiger partial charge in [-0.25, -0.2) is 0 Å².